The molecule has 0 saturated heterocycles. The zero-order valence-electron chi connectivity index (χ0n) is 16.8. The number of methoxy groups -OCH3 is 1. The second kappa shape index (κ2) is 7.80. The molecular weight excluding hydrogens is 425 g/mol. The van der Waals surface area contributed by atoms with Gasteiger partial charge in [-0.3, -0.25) is 5.10 Å². The van der Waals surface area contributed by atoms with Gasteiger partial charge in [0.05, 0.1) is 29.5 Å². The lowest BCUT2D eigenvalue weighted by Gasteiger charge is -2.12. The molecule has 12 heteroatoms. The molecule has 10 nitrogen and oxygen atoms in total. The molecule has 1 aromatic carbocycles. The van der Waals surface area contributed by atoms with Crippen LogP contribution >= 0.6 is 0 Å². The first kappa shape index (κ1) is 20.5. The van der Waals surface area contributed by atoms with Crippen molar-refractivity contribution in [2.75, 3.05) is 31.0 Å². The van der Waals surface area contributed by atoms with E-state index >= 15 is 0 Å². The predicted octanol–water partition coefficient (Wildman–Crippen LogP) is 2.75. The summed E-state index contributed by atoms with van der Waals surface area (Å²) in [5, 5.41) is 13.4. The quantitative estimate of drug-likeness (QED) is 0.411. The molecule has 3 N–H and O–H groups in total. The molecular formula is C19H18FN7O3S. The number of anilines is 3. The van der Waals surface area contributed by atoms with Crippen LogP contribution in [0.25, 0.3) is 22.3 Å². The molecule has 3 aromatic heterocycles. The molecule has 0 unspecified atom stereocenters. The van der Waals surface area contributed by atoms with Crippen molar-refractivity contribution in [1.29, 1.82) is 0 Å². The predicted molar refractivity (Wildman–Crippen MR) is 114 cm³/mol. The SMILES string of the molecule is CNc1nc(Nc2cc(OC)cc(S(C)(=O)=O)c2)ncc1-c1[nH]nc2ncc(F)cc12. The third-order valence-corrected chi connectivity index (χ3v) is 5.56. The van der Waals surface area contributed by atoms with Crippen molar-refractivity contribution in [2.24, 2.45) is 0 Å². The highest BCUT2D eigenvalue weighted by Crippen LogP contribution is 2.31. The highest BCUT2D eigenvalue weighted by Gasteiger charge is 2.16. The second-order valence-electron chi connectivity index (χ2n) is 6.62. The Morgan fingerprint density at radius 2 is 1.94 bits per heavy atom. The number of nitrogens with one attached hydrogen (secondary N) is 3. The van der Waals surface area contributed by atoms with Gasteiger partial charge >= 0.3 is 0 Å². The van der Waals surface area contributed by atoms with Crippen LogP contribution in [0.15, 0.2) is 41.6 Å². The van der Waals surface area contributed by atoms with Crippen LogP contribution in [0.3, 0.4) is 0 Å². The fourth-order valence-electron chi connectivity index (χ4n) is 3.00. The number of hydrogen-bond acceptors (Lipinski definition) is 9. The van der Waals surface area contributed by atoms with Gasteiger partial charge in [-0.05, 0) is 18.2 Å². The zero-order chi connectivity index (χ0) is 22.2. The van der Waals surface area contributed by atoms with Crippen LogP contribution in [0, 0.1) is 5.82 Å². The van der Waals surface area contributed by atoms with Crippen LogP contribution < -0.4 is 15.4 Å². The molecule has 0 spiro atoms. The number of aromatic amines is 1. The van der Waals surface area contributed by atoms with E-state index in [0.717, 1.165) is 12.5 Å². The van der Waals surface area contributed by atoms with Gasteiger partial charge in [0.25, 0.3) is 0 Å². The Bertz CT molecular complexity index is 1390. The number of H-pyrrole nitrogens is 1. The van der Waals surface area contributed by atoms with Gasteiger partial charge < -0.3 is 15.4 Å². The van der Waals surface area contributed by atoms with Gasteiger partial charge in [-0.25, -0.2) is 22.8 Å². The summed E-state index contributed by atoms with van der Waals surface area (Å²) in [5.74, 6) is 0.543. The summed E-state index contributed by atoms with van der Waals surface area (Å²) < 4.78 is 42.7. The third kappa shape index (κ3) is 4.10. The number of rotatable bonds is 6. The molecule has 0 amide bonds. The molecule has 0 aliphatic carbocycles. The molecule has 0 fully saturated rings. The van der Waals surface area contributed by atoms with Crippen molar-refractivity contribution in [3.63, 3.8) is 0 Å². The largest absolute Gasteiger partial charge is 0.497 e. The third-order valence-electron chi connectivity index (χ3n) is 4.47. The highest BCUT2D eigenvalue weighted by molar-refractivity contribution is 7.90. The van der Waals surface area contributed by atoms with E-state index in [-0.39, 0.29) is 10.8 Å². The average molecular weight is 443 g/mol. The number of pyridine rings is 1. The van der Waals surface area contributed by atoms with Gasteiger partial charge in [0.2, 0.25) is 5.95 Å². The first-order valence-corrected chi connectivity index (χ1v) is 10.9. The fourth-order valence-corrected chi connectivity index (χ4v) is 3.67. The Balaban J connectivity index is 1.73. The monoisotopic (exact) mass is 443 g/mol. The van der Waals surface area contributed by atoms with Gasteiger partial charge in [0.15, 0.2) is 15.5 Å². The molecule has 4 rings (SSSR count). The Hall–Kier alpha value is -3.80. The Morgan fingerprint density at radius 1 is 1.13 bits per heavy atom. The van der Waals surface area contributed by atoms with Crippen LogP contribution in [-0.4, -0.2) is 54.0 Å². The Kier molecular flexibility index (Phi) is 5.15. The van der Waals surface area contributed by atoms with Gasteiger partial charge in [-0.1, -0.05) is 0 Å². The lowest BCUT2D eigenvalue weighted by Crippen LogP contribution is -2.04. The van der Waals surface area contributed by atoms with E-state index in [1.54, 1.807) is 13.1 Å². The maximum absolute atomic E-state index is 13.7. The smallest absolute Gasteiger partial charge is 0.229 e. The standard InChI is InChI=1S/C19H18FN7O3S/c1-21-17-15(16-14-4-10(20)8-22-18(14)27-26-16)9-23-19(25-17)24-11-5-12(30-2)7-13(6-11)31(3,28)29/h4-9H,1-3H3,(H,22,26,27)(H2,21,23,24,25). The van der Waals surface area contributed by atoms with E-state index in [2.05, 4.69) is 35.8 Å². The summed E-state index contributed by atoms with van der Waals surface area (Å²) in [6, 6.07) is 5.85. The first-order chi connectivity index (χ1) is 14.8. The summed E-state index contributed by atoms with van der Waals surface area (Å²) >= 11 is 0. The van der Waals surface area contributed by atoms with Crippen molar-refractivity contribution >= 4 is 38.3 Å². The zero-order valence-corrected chi connectivity index (χ0v) is 17.6. The minimum absolute atomic E-state index is 0.0956. The number of halogens is 1. The average Bonchev–Trinajstić information content (AvgIpc) is 3.15. The summed E-state index contributed by atoms with van der Waals surface area (Å²) in [4.78, 5) is 12.8. The molecule has 160 valence electrons. The van der Waals surface area contributed by atoms with Crippen molar-refractivity contribution < 1.29 is 17.5 Å². The van der Waals surface area contributed by atoms with E-state index < -0.39 is 15.7 Å². The van der Waals surface area contributed by atoms with Crippen LogP contribution in [0.4, 0.5) is 21.8 Å². The van der Waals surface area contributed by atoms with Crippen molar-refractivity contribution in [2.45, 2.75) is 4.90 Å². The van der Waals surface area contributed by atoms with Crippen LogP contribution in [-0.2, 0) is 9.84 Å². The first-order valence-electron chi connectivity index (χ1n) is 8.99. The molecule has 0 aliphatic heterocycles. The van der Waals surface area contributed by atoms with E-state index in [1.807, 2.05) is 0 Å². The Morgan fingerprint density at radius 3 is 2.65 bits per heavy atom. The second-order valence-corrected chi connectivity index (χ2v) is 8.64. The molecule has 4 aromatic rings. The highest BCUT2D eigenvalue weighted by atomic mass is 32.2. The van der Waals surface area contributed by atoms with Gasteiger partial charge in [0, 0.05) is 36.6 Å². The lowest BCUT2D eigenvalue weighted by molar-refractivity contribution is 0.413. The normalized spacial score (nSPS) is 11.5. The van der Waals surface area contributed by atoms with E-state index in [0.29, 0.717) is 39.5 Å². The van der Waals surface area contributed by atoms with Crippen molar-refractivity contribution in [3.05, 3.63) is 42.5 Å². The van der Waals surface area contributed by atoms with Crippen LogP contribution in [0.2, 0.25) is 0 Å². The number of aromatic nitrogens is 5. The Labute approximate surface area is 176 Å². The minimum atomic E-state index is -3.44. The van der Waals surface area contributed by atoms with Crippen molar-refractivity contribution in [1.82, 2.24) is 25.1 Å². The molecule has 0 radical (unpaired) electrons. The van der Waals surface area contributed by atoms with E-state index in [1.165, 1.54) is 31.5 Å². The molecule has 0 bridgehead atoms. The maximum Gasteiger partial charge on any atom is 0.229 e. The molecule has 3 heterocycles. The van der Waals surface area contributed by atoms with E-state index in [4.69, 9.17) is 4.74 Å². The maximum atomic E-state index is 13.7. The van der Waals surface area contributed by atoms with Crippen molar-refractivity contribution in [3.8, 4) is 17.0 Å². The summed E-state index contributed by atoms with van der Waals surface area (Å²) in [5.41, 5.74) is 1.88. The number of sulfone groups is 1. The molecule has 0 saturated carbocycles. The molecule has 0 atom stereocenters. The van der Waals surface area contributed by atoms with Gasteiger partial charge in [0.1, 0.15) is 17.4 Å². The number of benzene rings is 1. The fraction of sp³-hybridized carbons (Fsp3) is 0.158. The molecule has 31 heavy (non-hydrogen) atoms. The van der Waals surface area contributed by atoms with Crippen LogP contribution in [0.1, 0.15) is 0 Å². The summed E-state index contributed by atoms with van der Waals surface area (Å²) in [7, 11) is -0.317. The number of fused-ring (bicyclic) bond motifs is 1. The number of hydrogen-bond donors (Lipinski definition) is 3. The lowest BCUT2D eigenvalue weighted by atomic mass is 10.1. The summed E-state index contributed by atoms with van der Waals surface area (Å²) in [6.45, 7) is 0. The minimum Gasteiger partial charge on any atom is -0.497 e. The molecule has 0 aliphatic rings. The summed E-state index contributed by atoms with van der Waals surface area (Å²) in [6.07, 6.45) is 3.74. The van der Waals surface area contributed by atoms with Crippen LogP contribution in [0.5, 0.6) is 5.75 Å². The van der Waals surface area contributed by atoms with Gasteiger partial charge in [-0.15, -0.1) is 0 Å². The number of ether oxygens (including phenoxy) is 1. The topological polar surface area (TPSA) is 135 Å². The number of nitrogens with zero attached hydrogens (tertiary/aromatic N) is 4. The van der Waals surface area contributed by atoms with Gasteiger partial charge in [-0.2, -0.15) is 10.1 Å². The van der Waals surface area contributed by atoms with E-state index in [9.17, 15) is 12.8 Å².